The summed E-state index contributed by atoms with van der Waals surface area (Å²) in [6.07, 6.45) is -3.58. The van der Waals surface area contributed by atoms with Crippen LogP contribution in [0, 0.1) is 5.92 Å². The predicted molar refractivity (Wildman–Crippen MR) is 136 cm³/mol. The number of alkyl halides is 3. The van der Waals surface area contributed by atoms with Gasteiger partial charge in [-0.05, 0) is 47.2 Å². The van der Waals surface area contributed by atoms with Gasteiger partial charge in [-0.3, -0.25) is 20.0 Å². The summed E-state index contributed by atoms with van der Waals surface area (Å²) in [6.45, 7) is 4.82. The van der Waals surface area contributed by atoms with Crippen LogP contribution >= 0.6 is 0 Å². The molecular formula is C26H30F3N5O4. The van der Waals surface area contributed by atoms with E-state index in [0.717, 1.165) is 23.6 Å². The van der Waals surface area contributed by atoms with Gasteiger partial charge in [-0.15, -0.1) is 0 Å². The molecule has 9 nitrogen and oxygen atoms in total. The lowest BCUT2D eigenvalue weighted by atomic mass is 9.98. The first kappa shape index (κ1) is 28.5. The molecule has 0 saturated heterocycles. The van der Waals surface area contributed by atoms with Gasteiger partial charge in [0.05, 0.1) is 5.56 Å². The molecule has 204 valence electrons. The van der Waals surface area contributed by atoms with Gasteiger partial charge in [-0.1, -0.05) is 38.1 Å². The van der Waals surface area contributed by atoms with E-state index in [9.17, 15) is 32.7 Å². The molecule has 1 aliphatic rings. The van der Waals surface area contributed by atoms with Gasteiger partial charge < -0.3 is 15.7 Å². The molecule has 0 saturated carbocycles. The minimum atomic E-state index is -4.57. The Kier molecular flexibility index (Phi) is 9.32. The third-order valence-corrected chi connectivity index (χ3v) is 5.78. The third kappa shape index (κ3) is 7.70. The number of aliphatic carboxylic acids is 1. The van der Waals surface area contributed by atoms with Gasteiger partial charge in [0.1, 0.15) is 0 Å². The monoisotopic (exact) mass is 533 g/mol. The van der Waals surface area contributed by atoms with Gasteiger partial charge >= 0.3 is 12.1 Å². The molecule has 4 N–H and O–H groups in total. The van der Waals surface area contributed by atoms with Crippen LogP contribution in [0.25, 0.3) is 11.1 Å². The molecule has 2 aromatic rings. The van der Waals surface area contributed by atoms with E-state index in [1.54, 1.807) is 44.2 Å². The summed E-state index contributed by atoms with van der Waals surface area (Å²) in [6, 6.07) is 8.57. The third-order valence-electron chi connectivity index (χ3n) is 5.78. The van der Waals surface area contributed by atoms with Crippen molar-refractivity contribution < 1.29 is 32.7 Å². The number of benzene rings is 2. The second-order valence-electron chi connectivity index (χ2n) is 9.30. The number of nitrogens with one attached hydrogen (secondary N) is 3. The van der Waals surface area contributed by atoms with Crippen LogP contribution in [0.15, 0.2) is 47.5 Å². The van der Waals surface area contributed by atoms with Crippen molar-refractivity contribution >= 4 is 29.9 Å². The fraction of sp³-hybridized carbons (Fsp3) is 0.385. The zero-order chi connectivity index (χ0) is 27.9. The van der Waals surface area contributed by atoms with Crippen molar-refractivity contribution in [3.63, 3.8) is 0 Å². The number of hydrogen-bond acceptors (Lipinski definition) is 6. The summed E-state index contributed by atoms with van der Waals surface area (Å²) < 4.78 is 40.8. The van der Waals surface area contributed by atoms with E-state index >= 15 is 0 Å². The fourth-order valence-electron chi connectivity index (χ4n) is 3.97. The molecule has 0 spiro atoms. The molecule has 12 heteroatoms. The number of carbonyl (C=O) groups is 3. The van der Waals surface area contributed by atoms with E-state index in [4.69, 9.17) is 0 Å². The average molecular weight is 534 g/mol. The lowest BCUT2D eigenvalue weighted by Crippen LogP contribution is -2.53. The highest BCUT2D eigenvalue weighted by molar-refractivity contribution is 5.94. The normalized spacial score (nSPS) is 14.2. The number of amides is 2. The summed E-state index contributed by atoms with van der Waals surface area (Å²) >= 11 is 0. The first-order chi connectivity index (χ1) is 18.0. The number of hydrazine groups is 1. The van der Waals surface area contributed by atoms with Gasteiger partial charge in [-0.25, -0.2) is 9.80 Å². The number of carboxylic acids is 1. The molecule has 0 bridgehead atoms. The Hall–Kier alpha value is -4.09. The molecule has 2 amide bonds. The molecule has 0 unspecified atom stereocenters. The Morgan fingerprint density at radius 3 is 2.42 bits per heavy atom. The van der Waals surface area contributed by atoms with E-state index in [2.05, 4.69) is 21.1 Å². The Morgan fingerprint density at radius 2 is 1.87 bits per heavy atom. The number of carboxylic acid groups (broad SMARTS) is 1. The molecule has 0 aliphatic carbocycles. The topological polar surface area (TPSA) is 123 Å². The number of guanidine groups is 1. The van der Waals surface area contributed by atoms with Crippen molar-refractivity contribution in [1.82, 2.24) is 15.8 Å². The maximum atomic E-state index is 13.6. The van der Waals surface area contributed by atoms with E-state index in [1.165, 1.54) is 0 Å². The first-order valence-electron chi connectivity index (χ1n) is 12.1. The molecular weight excluding hydrogens is 503 g/mol. The zero-order valence-corrected chi connectivity index (χ0v) is 21.0. The van der Waals surface area contributed by atoms with E-state index in [-0.39, 0.29) is 30.9 Å². The zero-order valence-electron chi connectivity index (χ0n) is 21.0. The summed E-state index contributed by atoms with van der Waals surface area (Å²) in [5, 5.41) is 16.5. The number of nitrogens with zero attached hydrogens (tertiary/aromatic N) is 2. The van der Waals surface area contributed by atoms with E-state index < -0.39 is 29.7 Å². The Morgan fingerprint density at radius 1 is 1.16 bits per heavy atom. The van der Waals surface area contributed by atoms with Crippen LogP contribution in [0.4, 0.5) is 18.9 Å². The Labute approximate surface area is 218 Å². The van der Waals surface area contributed by atoms with Crippen LogP contribution in [0.5, 0.6) is 0 Å². The van der Waals surface area contributed by atoms with Gasteiger partial charge in [0.15, 0.2) is 12.0 Å². The van der Waals surface area contributed by atoms with Gasteiger partial charge in [0.2, 0.25) is 12.3 Å². The quantitative estimate of drug-likeness (QED) is 0.273. The summed E-state index contributed by atoms with van der Waals surface area (Å²) in [5.74, 6) is -1.51. The van der Waals surface area contributed by atoms with Crippen molar-refractivity contribution in [3.05, 3.63) is 53.6 Å². The molecule has 2 aromatic carbocycles. The van der Waals surface area contributed by atoms with E-state index in [1.807, 2.05) is 0 Å². The fourth-order valence-corrected chi connectivity index (χ4v) is 3.97. The molecule has 38 heavy (non-hydrogen) atoms. The van der Waals surface area contributed by atoms with Gasteiger partial charge in [0, 0.05) is 31.6 Å². The molecule has 1 heterocycles. The second kappa shape index (κ2) is 12.4. The first-order valence-corrected chi connectivity index (χ1v) is 12.1. The van der Waals surface area contributed by atoms with Crippen molar-refractivity contribution in [2.45, 2.75) is 45.3 Å². The predicted octanol–water partition coefficient (Wildman–Crippen LogP) is 3.67. The smallest absolute Gasteiger partial charge is 0.416 e. The molecule has 1 aliphatic heterocycles. The molecule has 0 aromatic heterocycles. The van der Waals surface area contributed by atoms with Crippen molar-refractivity contribution in [2.75, 3.05) is 18.4 Å². The van der Waals surface area contributed by atoms with Crippen LogP contribution < -0.4 is 16.1 Å². The highest BCUT2D eigenvalue weighted by Crippen LogP contribution is 2.35. The Balaban J connectivity index is 1.87. The van der Waals surface area contributed by atoms with Crippen molar-refractivity contribution in [3.8, 4) is 11.1 Å². The number of halogens is 3. The molecule has 0 radical (unpaired) electrons. The van der Waals surface area contributed by atoms with Crippen LogP contribution in [-0.4, -0.2) is 53.5 Å². The minimum absolute atomic E-state index is 0.0391. The highest BCUT2D eigenvalue weighted by Gasteiger charge is 2.32. The summed E-state index contributed by atoms with van der Waals surface area (Å²) in [4.78, 5) is 39.8. The van der Waals surface area contributed by atoms with Gasteiger partial charge in [0.25, 0.3) is 0 Å². The standard InChI is InChI=1S/C26H30F3N5O4/c1-16(2)10-23(36)34(32-15-35)22(24(37)38)11-17-4-6-18(7-5-17)19-12-20(26(27,28)29)14-21(13-19)33-25-30-8-3-9-31-25/h4-7,12-16,22H,3,8-11H2,1-2H3,(H,32,35)(H,37,38)(H2,30,31,33)/t22-/m0/s1. The second-order valence-corrected chi connectivity index (χ2v) is 9.30. The maximum absolute atomic E-state index is 13.6. The van der Waals surface area contributed by atoms with Crippen molar-refractivity contribution in [1.29, 1.82) is 0 Å². The van der Waals surface area contributed by atoms with Crippen LogP contribution in [0.1, 0.15) is 37.8 Å². The number of aliphatic imine (C=N–C) groups is 1. The molecule has 0 fully saturated rings. The van der Waals surface area contributed by atoms with Gasteiger partial charge in [-0.2, -0.15) is 13.2 Å². The Bertz CT molecular complexity index is 1180. The lowest BCUT2D eigenvalue weighted by Gasteiger charge is -2.28. The summed E-state index contributed by atoms with van der Waals surface area (Å²) in [5.41, 5.74) is 2.87. The van der Waals surface area contributed by atoms with Crippen LogP contribution in [0.3, 0.4) is 0 Å². The number of hydrogen-bond donors (Lipinski definition) is 4. The number of carbonyl (C=O) groups excluding carboxylic acids is 2. The van der Waals surface area contributed by atoms with Crippen LogP contribution in [0.2, 0.25) is 0 Å². The van der Waals surface area contributed by atoms with Crippen LogP contribution in [-0.2, 0) is 27.0 Å². The lowest BCUT2D eigenvalue weighted by molar-refractivity contribution is -0.154. The summed E-state index contributed by atoms with van der Waals surface area (Å²) in [7, 11) is 0. The van der Waals surface area contributed by atoms with E-state index in [0.29, 0.717) is 35.7 Å². The molecule has 1 atom stereocenters. The average Bonchev–Trinajstić information content (AvgIpc) is 2.86. The largest absolute Gasteiger partial charge is 0.480 e. The highest BCUT2D eigenvalue weighted by atomic mass is 19.4. The minimum Gasteiger partial charge on any atom is -0.480 e. The SMILES string of the molecule is CC(C)CC(=O)N(NC=O)[C@@H](Cc1ccc(-c2cc(NC3=NCCCN3)cc(C(F)(F)F)c2)cc1)C(=O)O. The number of rotatable bonds is 10. The maximum Gasteiger partial charge on any atom is 0.416 e. The molecule has 3 rings (SSSR count). The number of anilines is 1. The van der Waals surface area contributed by atoms with Crippen molar-refractivity contribution in [2.24, 2.45) is 10.9 Å².